The smallest absolute Gasteiger partial charge is 0.0233 e. The number of rotatable bonds is 2. The Morgan fingerprint density at radius 1 is 1.00 bits per heavy atom. The van der Waals surface area contributed by atoms with Gasteiger partial charge in [-0.1, -0.05) is 30.3 Å². The van der Waals surface area contributed by atoms with Crippen LogP contribution in [0.4, 0.5) is 0 Å². The van der Waals surface area contributed by atoms with E-state index in [9.17, 15) is 0 Å². The Kier molecular flexibility index (Phi) is 6.61. The fraction of sp³-hybridized carbons (Fsp3) is 0.600. The summed E-state index contributed by atoms with van der Waals surface area (Å²) in [5, 5.41) is 3.48. The van der Waals surface area contributed by atoms with Gasteiger partial charge >= 0.3 is 0 Å². The van der Waals surface area contributed by atoms with Crippen molar-refractivity contribution in [3.05, 3.63) is 35.9 Å². The van der Waals surface area contributed by atoms with Crippen LogP contribution in [0.15, 0.2) is 30.3 Å². The Hall–Kier alpha value is -0.280. The molecule has 4 heteroatoms. The van der Waals surface area contributed by atoms with Crippen molar-refractivity contribution >= 4 is 24.8 Å². The molecule has 1 aromatic rings. The second-order valence-corrected chi connectivity index (χ2v) is 5.70. The third-order valence-corrected chi connectivity index (χ3v) is 4.43. The predicted molar refractivity (Wildman–Crippen MR) is 85.4 cm³/mol. The lowest BCUT2D eigenvalue weighted by Gasteiger charge is -2.33. The molecule has 2 aliphatic rings. The SMILES string of the molecule is Cl.Cl.c1ccc(CN2CCC3(CCNCC3)C2)cc1. The van der Waals surface area contributed by atoms with E-state index in [-0.39, 0.29) is 24.8 Å². The molecule has 0 aromatic heterocycles. The Morgan fingerprint density at radius 2 is 1.68 bits per heavy atom. The fourth-order valence-electron chi connectivity index (χ4n) is 3.37. The summed E-state index contributed by atoms with van der Waals surface area (Å²) in [5.74, 6) is 0. The van der Waals surface area contributed by atoms with Crippen LogP contribution in [0, 0.1) is 5.41 Å². The maximum Gasteiger partial charge on any atom is 0.0233 e. The fourth-order valence-corrected chi connectivity index (χ4v) is 3.37. The van der Waals surface area contributed by atoms with Crippen molar-refractivity contribution in [1.29, 1.82) is 0 Å². The average Bonchev–Trinajstić information content (AvgIpc) is 2.74. The highest BCUT2D eigenvalue weighted by atomic mass is 35.5. The topological polar surface area (TPSA) is 15.3 Å². The van der Waals surface area contributed by atoms with Crippen molar-refractivity contribution < 1.29 is 0 Å². The first kappa shape index (κ1) is 16.8. The Balaban J connectivity index is 0.000000902. The van der Waals surface area contributed by atoms with E-state index in [2.05, 4.69) is 40.5 Å². The zero-order chi connectivity index (χ0) is 11.6. The van der Waals surface area contributed by atoms with Crippen molar-refractivity contribution in [1.82, 2.24) is 10.2 Å². The van der Waals surface area contributed by atoms with Gasteiger partial charge in [0.25, 0.3) is 0 Å². The highest BCUT2D eigenvalue weighted by molar-refractivity contribution is 5.85. The molecule has 0 bridgehead atoms. The first-order valence-corrected chi connectivity index (χ1v) is 6.83. The van der Waals surface area contributed by atoms with Crippen molar-refractivity contribution in [2.24, 2.45) is 5.41 Å². The number of hydrogen-bond acceptors (Lipinski definition) is 2. The zero-order valence-electron chi connectivity index (χ0n) is 11.3. The Bertz CT molecular complexity index is 364. The van der Waals surface area contributed by atoms with E-state index >= 15 is 0 Å². The molecular weight excluding hydrogens is 279 g/mol. The number of piperidine rings is 1. The van der Waals surface area contributed by atoms with Crippen molar-refractivity contribution in [2.45, 2.75) is 25.8 Å². The van der Waals surface area contributed by atoms with Crippen molar-refractivity contribution in [3.63, 3.8) is 0 Å². The number of nitrogens with zero attached hydrogens (tertiary/aromatic N) is 1. The molecule has 3 rings (SSSR count). The number of nitrogens with one attached hydrogen (secondary N) is 1. The normalized spacial score (nSPS) is 21.7. The lowest BCUT2D eigenvalue weighted by molar-refractivity contribution is 0.194. The van der Waals surface area contributed by atoms with Gasteiger partial charge in [0.15, 0.2) is 0 Å². The molecule has 1 N–H and O–H groups in total. The molecule has 2 saturated heterocycles. The van der Waals surface area contributed by atoms with Crippen molar-refractivity contribution in [2.75, 3.05) is 26.2 Å². The van der Waals surface area contributed by atoms with Crippen LogP contribution in [-0.4, -0.2) is 31.1 Å². The summed E-state index contributed by atoms with van der Waals surface area (Å²) in [6.07, 6.45) is 4.15. The Labute approximate surface area is 128 Å². The van der Waals surface area contributed by atoms with Gasteiger partial charge in [-0.3, -0.25) is 4.90 Å². The third-order valence-electron chi connectivity index (χ3n) is 4.43. The monoisotopic (exact) mass is 302 g/mol. The highest BCUT2D eigenvalue weighted by Gasteiger charge is 2.38. The van der Waals surface area contributed by atoms with E-state index in [0.717, 1.165) is 6.54 Å². The number of likely N-dealkylation sites (tertiary alicyclic amines) is 1. The average molecular weight is 303 g/mol. The molecule has 0 unspecified atom stereocenters. The van der Waals surface area contributed by atoms with Crippen LogP contribution in [-0.2, 0) is 6.54 Å². The lowest BCUT2D eigenvalue weighted by Crippen LogP contribution is -2.38. The number of halogens is 2. The van der Waals surface area contributed by atoms with Crippen LogP contribution >= 0.6 is 24.8 Å². The molecule has 2 heterocycles. The third kappa shape index (κ3) is 4.09. The van der Waals surface area contributed by atoms with Crippen molar-refractivity contribution in [3.8, 4) is 0 Å². The minimum absolute atomic E-state index is 0. The van der Waals surface area contributed by atoms with Gasteiger partial charge in [-0.05, 0) is 49.9 Å². The summed E-state index contributed by atoms with van der Waals surface area (Å²) in [6.45, 7) is 6.17. The maximum absolute atomic E-state index is 3.48. The maximum atomic E-state index is 3.48. The lowest BCUT2D eigenvalue weighted by atomic mass is 9.78. The quantitative estimate of drug-likeness (QED) is 0.903. The molecule has 0 aliphatic carbocycles. The number of hydrogen-bond donors (Lipinski definition) is 1. The van der Waals surface area contributed by atoms with Gasteiger partial charge in [0, 0.05) is 13.1 Å². The van der Waals surface area contributed by atoms with Crippen LogP contribution in [0.25, 0.3) is 0 Å². The summed E-state index contributed by atoms with van der Waals surface area (Å²) in [5.41, 5.74) is 2.10. The van der Waals surface area contributed by atoms with Crippen LogP contribution in [0.1, 0.15) is 24.8 Å². The molecule has 2 nitrogen and oxygen atoms in total. The Morgan fingerprint density at radius 3 is 2.37 bits per heavy atom. The zero-order valence-corrected chi connectivity index (χ0v) is 12.9. The van der Waals surface area contributed by atoms with E-state index in [1.54, 1.807) is 0 Å². The van der Waals surface area contributed by atoms with Gasteiger partial charge in [-0.25, -0.2) is 0 Å². The largest absolute Gasteiger partial charge is 0.317 e. The first-order valence-electron chi connectivity index (χ1n) is 6.83. The number of benzene rings is 1. The molecular formula is C15H24Cl2N2. The molecule has 2 aliphatic heterocycles. The van der Waals surface area contributed by atoms with Gasteiger partial charge < -0.3 is 5.32 Å². The van der Waals surface area contributed by atoms with Gasteiger partial charge in [-0.2, -0.15) is 0 Å². The van der Waals surface area contributed by atoms with Gasteiger partial charge in [0.2, 0.25) is 0 Å². The molecule has 19 heavy (non-hydrogen) atoms. The standard InChI is InChI=1S/C15H22N2.2ClH/c1-2-4-14(5-3-1)12-17-11-8-15(13-17)6-9-16-10-7-15;;/h1-5,16H,6-13H2;2*1H. The molecule has 1 aromatic carbocycles. The minimum atomic E-state index is 0. The first-order chi connectivity index (χ1) is 8.36. The minimum Gasteiger partial charge on any atom is -0.317 e. The van der Waals surface area contributed by atoms with Crippen LogP contribution < -0.4 is 5.32 Å². The molecule has 2 fully saturated rings. The summed E-state index contributed by atoms with van der Waals surface area (Å²) >= 11 is 0. The second-order valence-electron chi connectivity index (χ2n) is 5.70. The summed E-state index contributed by atoms with van der Waals surface area (Å²) in [4.78, 5) is 2.64. The van der Waals surface area contributed by atoms with E-state index in [1.165, 1.54) is 51.0 Å². The molecule has 0 radical (unpaired) electrons. The van der Waals surface area contributed by atoms with E-state index < -0.39 is 0 Å². The van der Waals surface area contributed by atoms with Gasteiger partial charge in [0.05, 0.1) is 0 Å². The molecule has 108 valence electrons. The van der Waals surface area contributed by atoms with Gasteiger partial charge in [0.1, 0.15) is 0 Å². The summed E-state index contributed by atoms with van der Waals surface area (Å²) in [7, 11) is 0. The second kappa shape index (κ2) is 7.49. The summed E-state index contributed by atoms with van der Waals surface area (Å²) in [6, 6.07) is 10.9. The summed E-state index contributed by atoms with van der Waals surface area (Å²) < 4.78 is 0. The van der Waals surface area contributed by atoms with Gasteiger partial charge in [-0.15, -0.1) is 24.8 Å². The molecule has 1 spiro atoms. The van der Waals surface area contributed by atoms with Crippen LogP contribution in [0.5, 0.6) is 0 Å². The predicted octanol–water partition coefficient (Wildman–Crippen LogP) is 3.11. The van der Waals surface area contributed by atoms with Crippen LogP contribution in [0.2, 0.25) is 0 Å². The van der Waals surface area contributed by atoms with E-state index in [1.807, 2.05) is 0 Å². The highest BCUT2D eigenvalue weighted by Crippen LogP contribution is 2.38. The molecule has 0 atom stereocenters. The van der Waals surface area contributed by atoms with Crippen LogP contribution in [0.3, 0.4) is 0 Å². The molecule has 0 saturated carbocycles. The molecule has 0 amide bonds. The van der Waals surface area contributed by atoms with E-state index in [0.29, 0.717) is 5.41 Å². The van der Waals surface area contributed by atoms with E-state index in [4.69, 9.17) is 0 Å².